The Morgan fingerprint density at radius 1 is 1.04 bits per heavy atom. The minimum Gasteiger partial charge on any atom is -0.410 e. The molecule has 6 rings (SSSR count). The number of carbonyl (C=O) groups excluding carboxylic acids is 1. The molecule has 0 bridgehead atoms. The van der Waals surface area contributed by atoms with E-state index >= 15 is 0 Å². The Morgan fingerprint density at radius 3 is 2.46 bits per heavy atom. The van der Waals surface area contributed by atoms with Crippen LogP contribution in [0.15, 0.2) is 18.2 Å². The number of hydroxylamine groups is 1. The van der Waals surface area contributed by atoms with Crippen LogP contribution in [0.3, 0.4) is 0 Å². The number of fused-ring (bicyclic) bond motifs is 5. The van der Waals surface area contributed by atoms with Crippen LogP contribution in [0.25, 0.3) is 0 Å². The quantitative estimate of drug-likeness (QED) is 0.189. The zero-order valence-corrected chi connectivity index (χ0v) is 29.7. The molecule has 2 unspecified atom stereocenters. The molecular weight excluding hydrogens is 681 g/mol. The van der Waals surface area contributed by atoms with Crippen molar-refractivity contribution in [1.29, 1.82) is 0 Å². The van der Waals surface area contributed by atoms with Gasteiger partial charge in [0.25, 0.3) is 0 Å². The summed E-state index contributed by atoms with van der Waals surface area (Å²) < 4.78 is 88.4. The number of alkyl halides is 5. The highest BCUT2D eigenvalue weighted by molar-refractivity contribution is 7.84. The van der Waals surface area contributed by atoms with Crippen molar-refractivity contribution >= 4 is 16.9 Å². The van der Waals surface area contributed by atoms with Gasteiger partial charge in [0.1, 0.15) is 5.75 Å². The molecule has 282 valence electrons. The monoisotopic (exact) mass is 733 g/mol. The summed E-state index contributed by atoms with van der Waals surface area (Å²) in [6.07, 6.45) is -0.0800. The first-order valence-corrected chi connectivity index (χ1v) is 19.9. The third-order valence-corrected chi connectivity index (χ3v) is 14.2. The van der Waals surface area contributed by atoms with Gasteiger partial charge in [-0.3, -0.25) is 9.11 Å². The highest BCUT2D eigenvalue weighted by Gasteiger charge is 2.57. The number of amides is 1. The third-order valence-electron chi connectivity index (χ3n) is 12.7. The van der Waals surface area contributed by atoms with Crippen molar-refractivity contribution in [3.8, 4) is 5.75 Å². The Balaban J connectivity index is 1.10. The van der Waals surface area contributed by atoms with Gasteiger partial charge in [-0.25, -0.2) is 10.3 Å². The molecule has 1 aromatic carbocycles. The van der Waals surface area contributed by atoms with E-state index in [9.17, 15) is 36.2 Å². The number of nitrogens with zero attached hydrogens (tertiary/aromatic N) is 2. The molecule has 7 atom stereocenters. The van der Waals surface area contributed by atoms with Gasteiger partial charge in [-0.15, -0.1) is 0 Å². The molecule has 5 aliphatic rings. The minimum atomic E-state index is -5.60. The smallest absolute Gasteiger partial charge is 0.410 e. The lowest BCUT2D eigenvalue weighted by molar-refractivity contribution is -0.284. The molecule has 2 saturated carbocycles. The van der Waals surface area contributed by atoms with Crippen LogP contribution in [0.4, 0.5) is 26.7 Å². The second kappa shape index (κ2) is 15.6. The van der Waals surface area contributed by atoms with E-state index in [1.165, 1.54) is 5.56 Å². The topological polar surface area (TPSA) is 91.3 Å². The first-order chi connectivity index (χ1) is 23.8. The second-order valence-electron chi connectivity index (χ2n) is 15.4. The largest absolute Gasteiger partial charge is 0.453 e. The predicted molar refractivity (Wildman–Crippen MR) is 179 cm³/mol. The van der Waals surface area contributed by atoms with Crippen LogP contribution in [-0.2, 0) is 22.0 Å². The van der Waals surface area contributed by atoms with Crippen molar-refractivity contribution in [2.75, 3.05) is 50.9 Å². The van der Waals surface area contributed by atoms with Crippen LogP contribution in [0.2, 0.25) is 0 Å². The Labute approximate surface area is 294 Å². The van der Waals surface area contributed by atoms with Crippen LogP contribution in [-0.4, -0.2) is 100 Å². The van der Waals surface area contributed by atoms with Crippen LogP contribution < -0.4 is 10.2 Å². The normalized spacial score (nSPS) is 31.5. The number of piperidine rings is 1. The lowest BCUT2D eigenvalue weighted by atomic mass is 9.52. The summed E-state index contributed by atoms with van der Waals surface area (Å²) in [5.41, 5.74) is 4.92. The van der Waals surface area contributed by atoms with E-state index in [-0.39, 0.29) is 35.0 Å². The van der Waals surface area contributed by atoms with Crippen molar-refractivity contribution in [2.24, 2.45) is 23.2 Å². The number of carbonyl (C=O) groups is 1. The van der Waals surface area contributed by atoms with Crippen molar-refractivity contribution in [3.63, 3.8) is 0 Å². The van der Waals surface area contributed by atoms with Gasteiger partial charge < -0.3 is 19.6 Å². The maximum absolute atomic E-state index is 13.3. The number of benzene rings is 1. The lowest BCUT2D eigenvalue weighted by Gasteiger charge is -2.53. The SMILES string of the molecule is C[C@]12CC[C@@H]3c4ccc(OC(=O)N5CCC(N6CCOCC6)CC5)cc4C[C@@H](CCCS(=O)CCCC(F)(F)C(F)(F)F)[C@H]3[C@@H]1CCC2NO. The fraction of sp³-hybridized carbons (Fsp3) is 0.806. The fourth-order valence-electron chi connectivity index (χ4n) is 10.1. The molecule has 1 amide bonds. The van der Waals surface area contributed by atoms with Crippen LogP contribution >= 0.6 is 0 Å². The van der Waals surface area contributed by atoms with Crippen molar-refractivity contribution < 1.29 is 45.6 Å². The van der Waals surface area contributed by atoms with Gasteiger partial charge in [0.15, 0.2) is 0 Å². The molecule has 0 aromatic heterocycles. The highest BCUT2D eigenvalue weighted by atomic mass is 32.2. The number of halogens is 5. The molecule has 2 N–H and O–H groups in total. The number of hydrogen-bond donors (Lipinski definition) is 2. The van der Waals surface area contributed by atoms with Gasteiger partial charge in [0.2, 0.25) is 0 Å². The van der Waals surface area contributed by atoms with Gasteiger partial charge >= 0.3 is 18.2 Å². The second-order valence-corrected chi connectivity index (χ2v) is 17.1. The molecule has 14 heteroatoms. The number of morpholine rings is 1. The van der Waals surface area contributed by atoms with Crippen molar-refractivity contribution in [3.05, 3.63) is 29.3 Å². The molecule has 2 aliphatic heterocycles. The Bertz CT molecular complexity index is 1360. The first-order valence-electron chi connectivity index (χ1n) is 18.4. The molecule has 1 aromatic rings. The number of nitrogens with one attached hydrogen (secondary N) is 1. The summed E-state index contributed by atoms with van der Waals surface area (Å²) in [4.78, 5) is 17.5. The van der Waals surface area contributed by atoms with E-state index in [2.05, 4.69) is 23.4 Å². The van der Waals surface area contributed by atoms with Crippen LogP contribution in [0.1, 0.15) is 88.2 Å². The first kappa shape index (κ1) is 37.9. The van der Waals surface area contributed by atoms with E-state index in [0.29, 0.717) is 49.1 Å². The van der Waals surface area contributed by atoms with E-state index in [1.54, 1.807) is 4.90 Å². The number of likely N-dealkylation sites (tertiary alicyclic amines) is 1. The van der Waals surface area contributed by atoms with E-state index in [0.717, 1.165) is 83.2 Å². The predicted octanol–water partition coefficient (Wildman–Crippen LogP) is 6.92. The summed E-state index contributed by atoms with van der Waals surface area (Å²) in [6.45, 7) is 6.91. The zero-order chi connectivity index (χ0) is 35.7. The molecule has 0 spiro atoms. The maximum Gasteiger partial charge on any atom is 0.453 e. The summed E-state index contributed by atoms with van der Waals surface area (Å²) in [6, 6.07) is 6.48. The molecule has 3 aliphatic carbocycles. The molecule has 50 heavy (non-hydrogen) atoms. The van der Waals surface area contributed by atoms with Crippen LogP contribution in [0.5, 0.6) is 5.75 Å². The average molecular weight is 734 g/mol. The average Bonchev–Trinajstić information content (AvgIpc) is 3.44. The van der Waals surface area contributed by atoms with Crippen molar-refractivity contribution in [1.82, 2.24) is 15.3 Å². The minimum absolute atomic E-state index is 0.0125. The Hall–Kier alpha value is -1.87. The summed E-state index contributed by atoms with van der Waals surface area (Å²) in [5, 5.41) is 9.98. The number of rotatable bonds is 11. The van der Waals surface area contributed by atoms with Crippen LogP contribution in [0, 0.1) is 23.2 Å². The molecule has 2 heterocycles. The standard InChI is InChI=1S/C36H52F5N3O5S/c1-34-13-9-29-28-6-5-27(49-33(45)44-14-10-26(11-15-44)43-16-18-48-19-17-43)23-25(28)22-24(32(29)30(34)7-8-31(34)42-46)4-2-20-50(47)21-3-12-35(37,38)36(39,40)41/h5-6,23-24,26,29-32,42,46H,2-4,7-22H2,1H3/t24-,29-,30+,31?,32-,34+,50?/m1/s1. The van der Waals surface area contributed by atoms with Gasteiger partial charge in [-0.05, 0) is 117 Å². The molecule has 8 nitrogen and oxygen atoms in total. The Kier molecular flexibility index (Phi) is 11.8. The number of ether oxygens (including phenoxy) is 2. The Morgan fingerprint density at radius 2 is 1.76 bits per heavy atom. The lowest BCUT2D eigenvalue weighted by Crippen LogP contribution is -2.50. The van der Waals surface area contributed by atoms with Gasteiger partial charge in [0, 0.05) is 67.0 Å². The highest BCUT2D eigenvalue weighted by Crippen LogP contribution is 2.62. The summed E-state index contributed by atoms with van der Waals surface area (Å²) in [5.74, 6) is -2.97. The summed E-state index contributed by atoms with van der Waals surface area (Å²) >= 11 is 0. The van der Waals surface area contributed by atoms with Crippen molar-refractivity contribution in [2.45, 2.75) is 108 Å². The van der Waals surface area contributed by atoms with Gasteiger partial charge in [0.05, 0.1) is 13.2 Å². The molecule has 0 radical (unpaired) electrons. The van der Waals surface area contributed by atoms with Gasteiger partial charge in [-0.1, -0.05) is 13.0 Å². The molecule has 4 fully saturated rings. The van der Waals surface area contributed by atoms with E-state index in [4.69, 9.17) is 9.47 Å². The fourth-order valence-corrected chi connectivity index (χ4v) is 11.2. The molecule has 2 saturated heterocycles. The number of hydrogen-bond acceptors (Lipinski definition) is 7. The third kappa shape index (κ3) is 8.04. The van der Waals surface area contributed by atoms with Gasteiger partial charge in [-0.2, -0.15) is 22.0 Å². The zero-order valence-electron chi connectivity index (χ0n) is 28.9. The summed E-state index contributed by atoms with van der Waals surface area (Å²) in [7, 11) is -1.49. The maximum atomic E-state index is 13.3. The molecular formula is C36H52F5N3O5S. The van der Waals surface area contributed by atoms with E-state index in [1.807, 2.05) is 12.1 Å². The van der Waals surface area contributed by atoms with E-state index < -0.39 is 35.7 Å².